The number of halogens is 2. The third kappa shape index (κ3) is 4.38. The molecule has 0 N–H and O–H groups in total. The maximum atomic E-state index is 13.7. The van der Waals surface area contributed by atoms with Crippen LogP contribution in [0.4, 0.5) is 4.39 Å². The molecule has 4 nitrogen and oxygen atoms in total. The summed E-state index contributed by atoms with van der Waals surface area (Å²) in [5, 5.41) is 0.645. The molecule has 128 valence electrons. The average Bonchev–Trinajstić information content (AvgIpc) is 2.55. The second-order valence-electron chi connectivity index (χ2n) is 5.71. The Morgan fingerprint density at radius 2 is 2.17 bits per heavy atom. The largest absolute Gasteiger partial charge is 0.492 e. The zero-order valence-corrected chi connectivity index (χ0v) is 14.2. The lowest BCUT2D eigenvalue weighted by molar-refractivity contribution is -0.0176. The van der Waals surface area contributed by atoms with Crippen LogP contribution in [0.2, 0.25) is 5.02 Å². The second-order valence-corrected chi connectivity index (χ2v) is 6.14. The molecule has 0 saturated carbocycles. The van der Waals surface area contributed by atoms with Gasteiger partial charge in [-0.1, -0.05) is 17.7 Å². The first kappa shape index (κ1) is 17.0. The van der Waals surface area contributed by atoms with Gasteiger partial charge in [-0.15, -0.1) is 0 Å². The van der Waals surface area contributed by atoms with Crippen molar-refractivity contribution in [2.75, 3.05) is 27.0 Å². The Morgan fingerprint density at radius 1 is 1.29 bits per heavy atom. The fraction of sp³-hybridized carbons (Fsp3) is 0.333. The summed E-state index contributed by atoms with van der Waals surface area (Å²) in [6.07, 6.45) is 0. The van der Waals surface area contributed by atoms with Crippen molar-refractivity contribution in [3.63, 3.8) is 0 Å². The maximum absolute atomic E-state index is 13.7. The highest BCUT2D eigenvalue weighted by Crippen LogP contribution is 2.30. The van der Waals surface area contributed by atoms with Gasteiger partial charge in [-0.3, -0.25) is 4.90 Å². The third-order valence-corrected chi connectivity index (χ3v) is 3.96. The van der Waals surface area contributed by atoms with Crippen molar-refractivity contribution in [2.24, 2.45) is 0 Å². The van der Waals surface area contributed by atoms with Gasteiger partial charge in [-0.2, -0.15) is 0 Å². The van der Waals surface area contributed by atoms with E-state index in [1.807, 2.05) is 19.2 Å². The predicted molar refractivity (Wildman–Crippen MR) is 90.0 cm³/mol. The molecule has 0 aromatic heterocycles. The summed E-state index contributed by atoms with van der Waals surface area (Å²) in [6, 6.07) is 10.3. The Morgan fingerprint density at radius 3 is 3.00 bits per heavy atom. The van der Waals surface area contributed by atoms with Gasteiger partial charge in [0, 0.05) is 29.2 Å². The number of hydrogen-bond acceptors (Lipinski definition) is 4. The van der Waals surface area contributed by atoms with Gasteiger partial charge < -0.3 is 14.2 Å². The number of ether oxygens (including phenoxy) is 3. The van der Waals surface area contributed by atoms with Crippen LogP contribution in [0.3, 0.4) is 0 Å². The fourth-order valence-corrected chi connectivity index (χ4v) is 2.80. The first-order valence-corrected chi connectivity index (χ1v) is 8.08. The molecule has 3 rings (SSSR count). The van der Waals surface area contributed by atoms with Gasteiger partial charge in [0.1, 0.15) is 23.9 Å². The van der Waals surface area contributed by atoms with Crippen LogP contribution in [-0.2, 0) is 17.9 Å². The molecule has 0 spiro atoms. The number of likely N-dealkylation sites (N-methyl/N-ethyl adjacent to an activating group) is 1. The molecule has 2 aromatic rings. The minimum Gasteiger partial charge on any atom is -0.492 e. The normalized spacial score (nSPS) is 13.5. The smallest absolute Gasteiger partial charge is 0.189 e. The van der Waals surface area contributed by atoms with E-state index in [9.17, 15) is 4.39 Å². The van der Waals surface area contributed by atoms with E-state index in [1.54, 1.807) is 12.1 Å². The number of nitrogens with zero attached hydrogens (tertiary/aromatic N) is 1. The third-order valence-electron chi connectivity index (χ3n) is 3.73. The molecule has 1 aliphatic heterocycles. The van der Waals surface area contributed by atoms with E-state index in [1.165, 1.54) is 12.1 Å². The standard InChI is InChI=1S/C18H19ClFNO3/c1-21(5-6-23-17-4-2-3-15(19)9-17)10-13-7-16(20)8-14-11-22-12-24-18(13)14/h2-4,7-9H,5-6,10-12H2,1H3. The molecule has 1 aliphatic rings. The highest BCUT2D eigenvalue weighted by molar-refractivity contribution is 6.30. The first-order valence-electron chi connectivity index (χ1n) is 7.70. The summed E-state index contributed by atoms with van der Waals surface area (Å²) in [7, 11) is 1.96. The van der Waals surface area contributed by atoms with E-state index < -0.39 is 0 Å². The maximum Gasteiger partial charge on any atom is 0.189 e. The van der Waals surface area contributed by atoms with E-state index in [0.29, 0.717) is 31.3 Å². The molecule has 0 aliphatic carbocycles. The summed E-state index contributed by atoms with van der Waals surface area (Å²) in [5.41, 5.74) is 1.57. The number of benzene rings is 2. The number of rotatable bonds is 6. The lowest BCUT2D eigenvalue weighted by Gasteiger charge is -2.23. The predicted octanol–water partition coefficient (Wildman–Crippen LogP) is 3.86. The van der Waals surface area contributed by atoms with Crippen molar-refractivity contribution < 1.29 is 18.6 Å². The molecule has 0 radical (unpaired) electrons. The molecule has 0 saturated heterocycles. The van der Waals surface area contributed by atoms with Crippen molar-refractivity contribution in [1.82, 2.24) is 4.90 Å². The summed E-state index contributed by atoms with van der Waals surface area (Å²) in [6.45, 7) is 2.35. The van der Waals surface area contributed by atoms with Crippen molar-refractivity contribution in [3.05, 3.63) is 58.4 Å². The van der Waals surface area contributed by atoms with E-state index in [0.717, 1.165) is 22.6 Å². The molecule has 6 heteroatoms. The Kier molecular flexibility index (Phi) is 5.56. The molecule has 2 aromatic carbocycles. The Labute approximate surface area is 145 Å². The van der Waals surface area contributed by atoms with Gasteiger partial charge in [-0.25, -0.2) is 4.39 Å². The fourth-order valence-electron chi connectivity index (χ4n) is 2.62. The molecular weight excluding hydrogens is 333 g/mol. The van der Waals surface area contributed by atoms with Gasteiger partial charge in [0.25, 0.3) is 0 Å². The van der Waals surface area contributed by atoms with Gasteiger partial charge in [0.2, 0.25) is 0 Å². The van der Waals surface area contributed by atoms with Crippen molar-refractivity contribution in [3.8, 4) is 11.5 Å². The monoisotopic (exact) mass is 351 g/mol. The lowest BCUT2D eigenvalue weighted by atomic mass is 10.1. The molecule has 1 heterocycles. The molecular formula is C18H19ClFNO3. The molecule has 0 bridgehead atoms. The van der Waals surface area contributed by atoms with Gasteiger partial charge in [-0.05, 0) is 37.4 Å². The van der Waals surface area contributed by atoms with Crippen LogP contribution >= 0.6 is 11.6 Å². The van der Waals surface area contributed by atoms with Crippen LogP contribution in [0.5, 0.6) is 11.5 Å². The molecule has 0 atom stereocenters. The van der Waals surface area contributed by atoms with E-state index >= 15 is 0 Å². The van der Waals surface area contributed by atoms with E-state index in [4.69, 9.17) is 25.8 Å². The van der Waals surface area contributed by atoms with Gasteiger partial charge >= 0.3 is 0 Å². The quantitative estimate of drug-likeness (QED) is 0.791. The highest BCUT2D eigenvalue weighted by Gasteiger charge is 2.17. The topological polar surface area (TPSA) is 30.9 Å². The second kappa shape index (κ2) is 7.83. The van der Waals surface area contributed by atoms with Crippen LogP contribution in [0, 0.1) is 5.82 Å². The van der Waals surface area contributed by atoms with E-state index in [2.05, 4.69) is 4.90 Å². The first-order chi connectivity index (χ1) is 11.6. The molecule has 24 heavy (non-hydrogen) atoms. The summed E-state index contributed by atoms with van der Waals surface area (Å²) < 4.78 is 30.2. The number of hydrogen-bond donors (Lipinski definition) is 0. The Hall–Kier alpha value is -1.82. The Bertz CT molecular complexity index is 711. The van der Waals surface area contributed by atoms with Gasteiger partial charge in [0.05, 0.1) is 6.61 Å². The summed E-state index contributed by atoms with van der Waals surface area (Å²) in [4.78, 5) is 2.05. The van der Waals surface area contributed by atoms with Crippen LogP contribution in [0.25, 0.3) is 0 Å². The minimum absolute atomic E-state index is 0.202. The van der Waals surface area contributed by atoms with Crippen molar-refractivity contribution in [1.29, 1.82) is 0 Å². The molecule has 0 unspecified atom stereocenters. The zero-order valence-electron chi connectivity index (χ0n) is 13.4. The SMILES string of the molecule is CN(CCOc1cccc(Cl)c1)Cc1cc(F)cc2c1OCOC2. The average molecular weight is 352 g/mol. The van der Waals surface area contributed by atoms with Crippen LogP contribution < -0.4 is 9.47 Å². The number of fused-ring (bicyclic) bond motifs is 1. The van der Waals surface area contributed by atoms with E-state index in [-0.39, 0.29) is 12.6 Å². The van der Waals surface area contributed by atoms with Crippen LogP contribution in [0.15, 0.2) is 36.4 Å². The van der Waals surface area contributed by atoms with Gasteiger partial charge in [0.15, 0.2) is 6.79 Å². The summed E-state index contributed by atoms with van der Waals surface area (Å²) in [5.74, 6) is 1.19. The van der Waals surface area contributed by atoms with Crippen molar-refractivity contribution >= 4 is 11.6 Å². The summed E-state index contributed by atoms with van der Waals surface area (Å²) >= 11 is 5.93. The highest BCUT2D eigenvalue weighted by atomic mass is 35.5. The molecule has 0 amide bonds. The lowest BCUT2D eigenvalue weighted by Crippen LogP contribution is -2.25. The minimum atomic E-state index is -0.276. The van der Waals surface area contributed by atoms with Crippen LogP contribution in [-0.4, -0.2) is 31.9 Å². The zero-order chi connectivity index (χ0) is 16.9. The van der Waals surface area contributed by atoms with Crippen molar-refractivity contribution in [2.45, 2.75) is 13.2 Å². The van der Waals surface area contributed by atoms with Crippen LogP contribution in [0.1, 0.15) is 11.1 Å². The Balaban J connectivity index is 1.57. The molecule has 0 fully saturated rings.